The van der Waals surface area contributed by atoms with E-state index in [0.717, 1.165) is 22.3 Å². The molecule has 0 bridgehead atoms. The Morgan fingerprint density at radius 1 is 0.880 bits per heavy atom. The SMILES string of the molecule is O=C(O)c1ccc(-c2nc3ccccc3n2-c2ccc(O)cc2)cc1. The van der Waals surface area contributed by atoms with E-state index >= 15 is 0 Å². The van der Waals surface area contributed by atoms with Crippen LogP contribution in [0.5, 0.6) is 5.75 Å². The second-order valence-corrected chi connectivity index (χ2v) is 5.66. The van der Waals surface area contributed by atoms with Crippen molar-refractivity contribution in [2.45, 2.75) is 0 Å². The number of hydrogen-bond donors (Lipinski definition) is 2. The molecule has 0 atom stereocenters. The number of benzene rings is 3. The zero-order valence-corrected chi connectivity index (χ0v) is 13.1. The summed E-state index contributed by atoms with van der Waals surface area (Å²) in [6, 6.07) is 21.3. The lowest BCUT2D eigenvalue weighted by Gasteiger charge is -2.10. The predicted octanol–water partition coefficient (Wildman–Crippen LogP) is 4.10. The van der Waals surface area contributed by atoms with E-state index in [1.165, 1.54) is 0 Å². The molecule has 0 amide bonds. The second kappa shape index (κ2) is 5.79. The molecule has 1 heterocycles. The highest BCUT2D eigenvalue weighted by Gasteiger charge is 2.14. The number of nitrogens with zero attached hydrogens (tertiary/aromatic N) is 2. The Balaban J connectivity index is 1.95. The molecule has 0 fully saturated rings. The predicted molar refractivity (Wildman–Crippen MR) is 95.1 cm³/mol. The van der Waals surface area contributed by atoms with Gasteiger partial charge in [-0.3, -0.25) is 4.57 Å². The van der Waals surface area contributed by atoms with E-state index in [0.29, 0.717) is 5.82 Å². The molecule has 0 saturated carbocycles. The van der Waals surface area contributed by atoms with Crippen molar-refractivity contribution in [3.8, 4) is 22.8 Å². The van der Waals surface area contributed by atoms with E-state index in [-0.39, 0.29) is 11.3 Å². The number of phenols is 1. The van der Waals surface area contributed by atoms with Gasteiger partial charge in [0.2, 0.25) is 0 Å². The van der Waals surface area contributed by atoms with E-state index in [1.54, 1.807) is 36.4 Å². The van der Waals surface area contributed by atoms with Crippen molar-refractivity contribution in [2.24, 2.45) is 0 Å². The van der Waals surface area contributed by atoms with Crippen LogP contribution < -0.4 is 0 Å². The number of para-hydroxylation sites is 2. The first-order valence-corrected chi connectivity index (χ1v) is 7.74. The van der Waals surface area contributed by atoms with Crippen LogP contribution >= 0.6 is 0 Å². The Bertz CT molecular complexity index is 1060. The summed E-state index contributed by atoms with van der Waals surface area (Å²) < 4.78 is 1.99. The number of aromatic carboxylic acids is 1. The topological polar surface area (TPSA) is 75.3 Å². The summed E-state index contributed by atoms with van der Waals surface area (Å²) in [5.74, 6) is -0.0528. The van der Waals surface area contributed by atoms with E-state index < -0.39 is 5.97 Å². The number of aromatic nitrogens is 2. The van der Waals surface area contributed by atoms with Gasteiger partial charge in [0.1, 0.15) is 11.6 Å². The Morgan fingerprint density at radius 2 is 1.56 bits per heavy atom. The van der Waals surface area contributed by atoms with Crippen LogP contribution in [0, 0.1) is 0 Å². The number of carbonyl (C=O) groups is 1. The molecule has 5 heteroatoms. The smallest absolute Gasteiger partial charge is 0.335 e. The van der Waals surface area contributed by atoms with Gasteiger partial charge in [-0.1, -0.05) is 24.3 Å². The van der Waals surface area contributed by atoms with Gasteiger partial charge in [-0.15, -0.1) is 0 Å². The third-order valence-electron chi connectivity index (χ3n) is 4.06. The average molecular weight is 330 g/mol. The summed E-state index contributed by atoms with van der Waals surface area (Å²) >= 11 is 0. The fraction of sp³-hybridized carbons (Fsp3) is 0. The minimum atomic E-state index is -0.960. The van der Waals surface area contributed by atoms with Crippen LogP contribution in [-0.4, -0.2) is 25.7 Å². The molecule has 0 aliphatic carbocycles. The number of aromatic hydroxyl groups is 1. The Morgan fingerprint density at radius 3 is 2.24 bits per heavy atom. The fourth-order valence-corrected chi connectivity index (χ4v) is 2.84. The van der Waals surface area contributed by atoms with Crippen LogP contribution in [0.2, 0.25) is 0 Å². The molecule has 0 spiro atoms. The van der Waals surface area contributed by atoms with Crippen molar-refractivity contribution in [3.63, 3.8) is 0 Å². The molecule has 1 aromatic heterocycles. The number of fused-ring (bicyclic) bond motifs is 1. The minimum Gasteiger partial charge on any atom is -0.508 e. The maximum Gasteiger partial charge on any atom is 0.335 e. The second-order valence-electron chi connectivity index (χ2n) is 5.66. The van der Waals surface area contributed by atoms with E-state index in [4.69, 9.17) is 10.1 Å². The van der Waals surface area contributed by atoms with E-state index in [2.05, 4.69) is 0 Å². The highest BCUT2D eigenvalue weighted by Crippen LogP contribution is 2.29. The third-order valence-corrected chi connectivity index (χ3v) is 4.06. The quantitative estimate of drug-likeness (QED) is 0.593. The van der Waals surface area contributed by atoms with Crippen molar-refractivity contribution in [1.82, 2.24) is 9.55 Å². The molecular weight excluding hydrogens is 316 g/mol. The van der Waals surface area contributed by atoms with Gasteiger partial charge in [0, 0.05) is 11.3 Å². The van der Waals surface area contributed by atoms with E-state index in [9.17, 15) is 9.90 Å². The fourth-order valence-electron chi connectivity index (χ4n) is 2.84. The van der Waals surface area contributed by atoms with Crippen LogP contribution in [0.3, 0.4) is 0 Å². The number of imidazole rings is 1. The van der Waals surface area contributed by atoms with Gasteiger partial charge >= 0.3 is 5.97 Å². The number of rotatable bonds is 3. The van der Waals surface area contributed by atoms with Crippen molar-refractivity contribution >= 4 is 17.0 Å². The average Bonchev–Trinajstić information content (AvgIpc) is 3.02. The van der Waals surface area contributed by atoms with Gasteiger partial charge in [-0.25, -0.2) is 9.78 Å². The molecule has 0 radical (unpaired) electrons. The van der Waals surface area contributed by atoms with E-state index in [1.807, 2.05) is 41.0 Å². The Kier molecular flexibility index (Phi) is 3.47. The summed E-state index contributed by atoms with van der Waals surface area (Å²) in [5.41, 5.74) is 3.69. The minimum absolute atomic E-state index is 0.195. The van der Waals surface area contributed by atoms with Crippen molar-refractivity contribution in [1.29, 1.82) is 0 Å². The van der Waals surface area contributed by atoms with Gasteiger partial charge < -0.3 is 10.2 Å². The summed E-state index contributed by atoms with van der Waals surface area (Å²) in [4.78, 5) is 15.8. The molecule has 0 aliphatic rings. The molecular formula is C20H14N2O3. The standard InChI is InChI=1S/C20H14N2O3/c23-16-11-9-15(10-12-16)22-18-4-2-1-3-17(18)21-19(22)13-5-7-14(8-6-13)20(24)25/h1-12,23H,(H,24,25). The number of carboxylic acid groups (broad SMARTS) is 1. The molecule has 0 aliphatic heterocycles. The van der Waals surface area contributed by atoms with Crippen LogP contribution in [-0.2, 0) is 0 Å². The van der Waals surface area contributed by atoms with Crippen LogP contribution in [0.4, 0.5) is 0 Å². The molecule has 4 aromatic rings. The summed E-state index contributed by atoms with van der Waals surface area (Å²) in [7, 11) is 0. The molecule has 0 saturated heterocycles. The number of carboxylic acids is 1. The number of phenolic OH excluding ortho intramolecular Hbond substituents is 1. The lowest BCUT2D eigenvalue weighted by Crippen LogP contribution is -1.99. The Labute approximate surface area is 143 Å². The summed E-state index contributed by atoms with van der Waals surface area (Å²) in [6.45, 7) is 0. The zero-order chi connectivity index (χ0) is 17.4. The van der Waals surface area contributed by atoms with Gasteiger partial charge in [0.25, 0.3) is 0 Å². The van der Waals surface area contributed by atoms with Gasteiger partial charge in [0.05, 0.1) is 16.6 Å². The van der Waals surface area contributed by atoms with Crippen molar-refractivity contribution in [2.75, 3.05) is 0 Å². The molecule has 2 N–H and O–H groups in total. The molecule has 3 aromatic carbocycles. The maximum atomic E-state index is 11.1. The largest absolute Gasteiger partial charge is 0.508 e. The lowest BCUT2D eigenvalue weighted by atomic mass is 10.1. The van der Waals surface area contributed by atoms with Crippen LogP contribution in [0.25, 0.3) is 28.1 Å². The number of hydrogen-bond acceptors (Lipinski definition) is 3. The highest BCUT2D eigenvalue weighted by atomic mass is 16.4. The first kappa shape index (κ1) is 15.0. The van der Waals surface area contributed by atoms with Gasteiger partial charge in [-0.05, 0) is 48.5 Å². The lowest BCUT2D eigenvalue weighted by molar-refractivity contribution is 0.0697. The van der Waals surface area contributed by atoms with Crippen LogP contribution in [0.15, 0.2) is 72.8 Å². The van der Waals surface area contributed by atoms with Crippen molar-refractivity contribution < 1.29 is 15.0 Å². The molecule has 4 rings (SSSR count). The molecule has 0 unspecified atom stereocenters. The van der Waals surface area contributed by atoms with Crippen molar-refractivity contribution in [3.05, 3.63) is 78.4 Å². The maximum absolute atomic E-state index is 11.1. The molecule has 5 nitrogen and oxygen atoms in total. The summed E-state index contributed by atoms with van der Waals surface area (Å²) in [5, 5.41) is 18.6. The molecule has 25 heavy (non-hydrogen) atoms. The first-order valence-electron chi connectivity index (χ1n) is 7.74. The van der Waals surface area contributed by atoms with Crippen LogP contribution in [0.1, 0.15) is 10.4 Å². The van der Waals surface area contributed by atoms with Gasteiger partial charge in [-0.2, -0.15) is 0 Å². The molecule has 122 valence electrons. The van der Waals surface area contributed by atoms with Gasteiger partial charge in [0.15, 0.2) is 0 Å². The normalized spacial score (nSPS) is 10.9. The summed E-state index contributed by atoms with van der Waals surface area (Å²) in [6.07, 6.45) is 0. The highest BCUT2D eigenvalue weighted by molar-refractivity contribution is 5.89. The third kappa shape index (κ3) is 2.61. The Hall–Kier alpha value is -3.60. The first-order chi connectivity index (χ1) is 12.1. The zero-order valence-electron chi connectivity index (χ0n) is 13.1. The monoisotopic (exact) mass is 330 g/mol.